The third-order valence-electron chi connectivity index (χ3n) is 5.00. The Morgan fingerprint density at radius 1 is 1.18 bits per heavy atom. The molecule has 28 heavy (non-hydrogen) atoms. The summed E-state index contributed by atoms with van der Waals surface area (Å²) in [5.41, 5.74) is 1.05. The van der Waals surface area contributed by atoms with Gasteiger partial charge in [0.1, 0.15) is 11.5 Å². The molecule has 0 unspecified atom stereocenters. The first-order valence-corrected chi connectivity index (χ1v) is 9.31. The second-order valence-corrected chi connectivity index (χ2v) is 8.22. The highest BCUT2D eigenvalue weighted by Crippen LogP contribution is 2.41. The number of methoxy groups -OCH3 is 2. The molecule has 1 atom stereocenters. The largest absolute Gasteiger partial charge is 0.495 e. The molecular formula is C20H23ClN2O5. The Hall–Kier alpha value is -2.54. The van der Waals surface area contributed by atoms with Crippen molar-refractivity contribution in [2.24, 2.45) is 11.3 Å². The molecule has 1 aromatic rings. The number of Topliss-reactive ketones (excluding diaryl/α,β-unsaturated/α-hetero) is 1. The number of hydrogen-bond acceptors (Lipinski definition) is 5. The van der Waals surface area contributed by atoms with Crippen LogP contribution in [0.25, 0.3) is 0 Å². The summed E-state index contributed by atoms with van der Waals surface area (Å²) < 4.78 is 10.5. The molecule has 0 fully saturated rings. The summed E-state index contributed by atoms with van der Waals surface area (Å²) in [6.07, 6.45) is 0.801. The Morgan fingerprint density at radius 2 is 1.86 bits per heavy atom. The van der Waals surface area contributed by atoms with Crippen molar-refractivity contribution < 1.29 is 23.9 Å². The zero-order chi connectivity index (χ0) is 20.6. The normalized spacial score (nSPS) is 21.0. The molecule has 1 heterocycles. The molecule has 3 rings (SSSR count). The predicted octanol–water partition coefficient (Wildman–Crippen LogP) is 3.08. The number of hydrogen-bond donors (Lipinski definition) is 2. The number of benzene rings is 1. The summed E-state index contributed by atoms with van der Waals surface area (Å²) >= 11 is 6.10. The van der Waals surface area contributed by atoms with E-state index in [1.165, 1.54) is 20.3 Å². The first-order valence-electron chi connectivity index (χ1n) is 8.93. The van der Waals surface area contributed by atoms with Crippen molar-refractivity contribution in [3.8, 4) is 11.5 Å². The summed E-state index contributed by atoms with van der Waals surface area (Å²) in [6, 6.07) is 3.08. The smallest absolute Gasteiger partial charge is 0.232 e. The van der Waals surface area contributed by atoms with Crippen molar-refractivity contribution >= 4 is 34.9 Å². The van der Waals surface area contributed by atoms with Gasteiger partial charge in [-0.1, -0.05) is 25.4 Å². The predicted molar refractivity (Wildman–Crippen MR) is 104 cm³/mol. The summed E-state index contributed by atoms with van der Waals surface area (Å²) in [5.74, 6) is -0.951. The topological polar surface area (TPSA) is 93.7 Å². The lowest BCUT2D eigenvalue weighted by Crippen LogP contribution is -2.44. The number of ether oxygens (including phenoxy) is 2. The Balaban J connectivity index is 1.94. The molecule has 8 heteroatoms. The van der Waals surface area contributed by atoms with Gasteiger partial charge < -0.3 is 20.1 Å². The molecule has 2 amide bonds. The van der Waals surface area contributed by atoms with E-state index in [0.717, 1.165) is 0 Å². The standard InChI is InChI=1S/C20H23ClN2O5/c1-20(2)8-13-18(14(24)9-20)10(5-17(25)22-13)19(26)23-12-7-15(27-3)11(21)6-16(12)28-4/h6-7,10H,5,8-9H2,1-4H3,(H,22,25)(H,23,26)/t10-/m1/s1. The summed E-state index contributed by atoms with van der Waals surface area (Å²) in [7, 11) is 2.92. The number of carbonyl (C=O) groups is 3. The van der Waals surface area contributed by atoms with Crippen LogP contribution in [-0.2, 0) is 14.4 Å². The molecule has 0 saturated carbocycles. The van der Waals surface area contributed by atoms with Gasteiger partial charge in [-0.2, -0.15) is 0 Å². The highest BCUT2D eigenvalue weighted by molar-refractivity contribution is 6.32. The highest BCUT2D eigenvalue weighted by atomic mass is 35.5. The maximum Gasteiger partial charge on any atom is 0.232 e. The van der Waals surface area contributed by atoms with Crippen molar-refractivity contribution in [3.63, 3.8) is 0 Å². The number of halogens is 1. The quantitative estimate of drug-likeness (QED) is 0.801. The summed E-state index contributed by atoms with van der Waals surface area (Å²) in [6.45, 7) is 3.94. The van der Waals surface area contributed by atoms with E-state index in [-0.39, 0.29) is 23.5 Å². The van der Waals surface area contributed by atoms with E-state index in [2.05, 4.69) is 10.6 Å². The van der Waals surface area contributed by atoms with Crippen molar-refractivity contribution in [3.05, 3.63) is 28.4 Å². The van der Waals surface area contributed by atoms with Crippen molar-refractivity contribution in [1.82, 2.24) is 5.32 Å². The third kappa shape index (κ3) is 3.85. The van der Waals surface area contributed by atoms with E-state index in [9.17, 15) is 14.4 Å². The number of amides is 2. The first-order chi connectivity index (χ1) is 13.1. The molecule has 1 aliphatic heterocycles. The van der Waals surface area contributed by atoms with Crippen molar-refractivity contribution in [1.29, 1.82) is 0 Å². The Bertz CT molecular complexity index is 891. The van der Waals surface area contributed by atoms with E-state index >= 15 is 0 Å². The van der Waals surface area contributed by atoms with Gasteiger partial charge in [-0.25, -0.2) is 0 Å². The first kappa shape index (κ1) is 20.2. The van der Waals surface area contributed by atoms with E-state index in [1.54, 1.807) is 6.07 Å². The number of rotatable bonds is 4. The Labute approximate surface area is 168 Å². The fourth-order valence-corrected chi connectivity index (χ4v) is 3.99. The second-order valence-electron chi connectivity index (χ2n) is 7.81. The van der Waals surface area contributed by atoms with Crippen LogP contribution in [0, 0.1) is 11.3 Å². The lowest BCUT2D eigenvalue weighted by molar-refractivity contribution is -0.129. The molecule has 1 aliphatic carbocycles. The maximum atomic E-state index is 13.0. The fourth-order valence-electron chi connectivity index (χ4n) is 3.76. The van der Waals surface area contributed by atoms with Crippen LogP contribution in [0.1, 0.15) is 33.1 Å². The minimum Gasteiger partial charge on any atom is -0.495 e. The van der Waals surface area contributed by atoms with Gasteiger partial charge in [-0.05, 0) is 11.8 Å². The monoisotopic (exact) mass is 406 g/mol. The Morgan fingerprint density at radius 3 is 2.50 bits per heavy atom. The number of anilines is 1. The Kier molecular flexibility index (Phi) is 5.39. The van der Waals surface area contributed by atoms with Crippen LogP contribution in [0.4, 0.5) is 5.69 Å². The number of nitrogens with one attached hydrogen (secondary N) is 2. The van der Waals surface area contributed by atoms with Crippen molar-refractivity contribution in [2.45, 2.75) is 33.1 Å². The van der Waals surface area contributed by atoms with E-state index in [0.29, 0.717) is 46.3 Å². The highest BCUT2D eigenvalue weighted by Gasteiger charge is 2.42. The molecule has 0 bridgehead atoms. The maximum absolute atomic E-state index is 13.0. The number of carbonyl (C=O) groups excluding carboxylic acids is 3. The van der Waals surface area contributed by atoms with E-state index in [4.69, 9.17) is 21.1 Å². The molecule has 2 N–H and O–H groups in total. The third-order valence-corrected chi connectivity index (χ3v) is 5.29. The van der Waals surface area contributed by atoms with Gasteiger partial charge in [0.2, 0.25) is 11.8 Å². The van der Waals surface area contributed by atoms with Crippen LogP contribution in [-0.4, -0.2) is 31.8 Å². The molecule has 0 radical (unpaired) electrons. The summed E-state index contributed by atoms with van der Waals surface area (Å²) in [4.78, 5) is 37.9. The molecule has 1 aromatic carbocycles. The van der Waals surface area contributed by atoms with E-state index in [1.807, 2.05) is 13.8 Å². The average molecular weight is 407 g/mol. The van der Waals surface area contributed by atoms with Crippen LogP contribution in [0.5, 0.6) is 11.5 Å². The lowest BCUT2D eigenvalue weighted by Gasteiger charge is -2.37. The van der Waals surface area contributed by atoms with E-state index < -0.39 is 11.8 Å². The van der Waals surface area contributed by atoms with Gasteiger partial charge >= 0.3 is 0 Å². The SMILES string of the molecule is COc1cc(NC(=O)[C@@H]2CC(=O)NC3=C2C(=O)CC(C)(C)C3)c(OC)cc1Cl. The molecule has 0 saturated heterocycles. The molecule has 150 valence electrons. The lowest BCUT2D eigenvalue weighted by atomic mass is 9.71. The van der Waals surface area contributed by atoms with Crippen LogP contribution in [0.2, 0.25) is 5.02 Å². The van der Waals surface area contributed by atoms with Gasteiger partial charge in [-0.3, -0.25) is 14.4 Å². The van der Waals surface area contributed by atoms with Gasteiger partial charge in [0.25, 0.3) is 0 Å². The number of allylic oxidation sites excluding steroid dienone is 1. The fraction of sp³-hybridized carbons (Fsp3) is 0.450. The minimum atomic E-state index is -0.848. The molecule has 0 spiro atoms. The van der Waals surface area contributed by atoms with Gasteiger partial charge in [0.15, 0.2) is 5.78 Å². The van der Waals surface area contributed by atoms with Crippen LogP contribution < -0.4 is 20.1 Å². The second kappa shape index (κ2) is 7.47. The minimum absolute atomic E-state index is 0.0795. The van der Waals surface area contributed by atoms with Crippen LogP contribution in [0.3, 0.4) is 0 Å². The van der Waals surface area contributed by atoms with Gasteiger partial charge in [0.05, 0.1) is 30.8 Å². The van der Waals surface area contributed by atoms with Gasteiger partial charge in [0, 0.05) is 36.2 Å². The van der Waals surface area contributed by atoms with Crippen molar-refractivity contribution in [2.75, 3.05) is 19.5 Å². The van der Waals surface area contributed by atoms with Crippen LogP contribution >= 0.6 is 11.6 Å². The molecule has 2 aliphatic rings. The zero-order valence-electron chi connectivity index (χ0n) is 16.3. The summed E-state index contributed by atoms with van der Waals surface area (Å²) in [5, 5.41) is 5.88. The van der Waals surface area contributed by atoms with Gasteiger partial charge in [-0.15, -0.1) is 0 Å². The molecule has 0 aromatic heterocycles. The molecule has 7 nitrogen and oxygen atoms in total. The average Bonchev–Trinajstić information content (AvgIpc) is 2.60. The number of ketones is 1. The zero-order valence-corrected chi connectivity index (χ0v) is 17.0. The van der Waals surface area contributed by atoms with Crippen LogP contribution in [0.15, 0.2) is 23.4 Å². The molecular weight excluding hydrogens is 384 g/mol.